The van der Waals surface area contributed by atoms with Gasteiger partial charge in [0.1, 0.15) is 5.75 Å². The first-order valence-corrected chi connectivity index (χ1v) is 8.55. The average molecular weight is 340 g/mol. The van der Waals surface area contributed by atoms with E-state index in [2.05, 4.69) is 28.9 Å². The van der Waals surface area contributed by atoms with Gasteiger partial charge in [-0.25, -0.2) is 4.79 Å². The molecule has 2 aromatic carbocycles. The molecule has 25 heavy (non-hydrogen) atoms. The lowest BCUT2D eigenvalue weighted by molar-refractivity contribution is 0.0697. The third kappa shape index (κ3) is 3.94. The number of aromatic carboxylic acids is 1. The normalized spacial score (nSPS) is 16.5. The summed E-state index contributed by atoms with van der Waals surface area (Å²) in [5, 5.41) is 9.15. The second kappa shape index (κ2) is 7.57. The fourth-order valence-corrected chi connectivity index (χ4v) is 3.30. The van der Waals surface area contributed by atoms with Gasteiger partial charge in [-0.2, -0.15) is 0 Å². The van der Waals surface area contributed by atoms with Crippen molar-refractivity contribution in [1.82, 2.24) is 4.90 Å². The van der Waals surface area contributed by atoms with Crippen molar-refractivity contribution in [2.24, 2.45) is 0 Å². The summed E-state index contributed by atoms with van der Waals surface area (Å²) in [5.74, 6) is -0.00676. The molecule has 0 radical (unpaired) electrons. The molecular formula is C20H24N2O3. The van der Waals surface area contributed by atoms with Gasteiger partial charge in [0.05, 0.1) is 12.7 Å². The molecule has 1 unspecified atom stereocenters. The van der Waals surface area contributed by atoms with E-state index in [1.54, 1.807) is 19.2 Å². The lowest BCUT2D eigenvalue weighted by Gasteiger charge is -2.39. The van der Waals surface area contributed by atoms with E-state index in [0.717, 1.165) is 37.6 Å². The van der Waals surface area contributed by atoms with Gasteiger partial charge in [-0.1, -0.05) is 18.2 Å². The molecule has 1 N–H and O–H groups in total. The number of hydrogen-bond donors (Lipinski definition) is 1. The molecule has 1 heterocycles. The van der Waals surface area contributed by atoms with Crippen LogP contribution in [0.3, 0.4) is 0 Å². The van der Waals surface area contributed by atoms with Gasteiger partial charge in [-0.3, -0.25) is 4.90 Å². The smallest absolute Gasteiger partial charge is 0.335 e. The van der Waals surface area contributed by atoms with Crippen LogP contribution in [0.25, 0.3) is 0 Å². The molecule has 132 valence electrons. The summed E-state index contributed by atoms with van der Waals surface area (Å²) in [4.78, 5) is 15.9. The minimum absolute atomic E-state index is 0.339. The van der Waals surface area contributed by atoms with Crippen molar-refractivity contribution in [3.8, 4) is 5.75 Å². The van der Waals surface area contributed by atoms with E-state index in [4.69, 9.17) is 9.84 Å². The average Bonchev–Trinajstić information content (AvgIpc) is 2.67. The van der Waals surface area contributed by atoms with E-state index in [0.29, 0.717) is 11.6 Å². The topological polar surface area (TPSA) is 53.0 Å². The summed E-state index contributed by atoms with van der Waals surface area (Å²) < 4.78 is 5.22. The monoisotopic (exact) mass is 340 g/mol. The highest BCUT2D eigenvalue weighted by molar-refractivity contribution is 5.88. The second-order valence-electron chi connectivity index (χ2n) is 6.33. The number of nitrogens with zero attached hydrogens (tertiary/aromatic N) is 2. The second-order valence-corrected chi connectivity index (χ2v) is 6.33. The van der Waals surface area contributed by atoms with E-state index in [1.165, 1.54) is 5.56 Å². The van der Waals surface area contributed by atoms with E-state index >= 15 is 0 Å². The maximum absolute atomic E-state index is 11.1. The van der Waals surface area contributed by atoms with Crippen LogP contribution >= 0.6 is 0 Å². The van der Waals surface area contributed by atoms with Gasteiger partial charge in [0.2, 0.25) is 0 Å². The molecule has 0 spiro atoms. The molecule has 1 atom stereocenters. The van der Waals surface area contributed by atoms with Crippen LogP contribution in [-0.4, -0.2) is 49.3 Å². The molecule has 0 aromatic heterocycles. The van der Waals surface area contributed by atoms with Crippen LogP contribution in [0, 0.1) is 0 Å². The predicted molar refractivity (Wildman–Crippen MR) is 98.6 cm³/mol. The maximum Gasteiger partial charge on any atom is 0.335 e. The first-order valence-electron chi connectivity index (χ1n) is 8.55. The van der Waals surface area contributed by atoms with Gasteiger partial charge in [0.25, 0.3) is 0 Å². The Hall–Kier alpha value is -2.53. The molecule has 1 fully saturated rings. The number of rotatable bonds is 5. The van der Waals surface area contributed by atoms with E-state index in [1.807, 2.05) is 24.3 Å². The SMILES string of the molecule is COc1ccc(C(C)N2CCN(c3cccc(C(=O)O)c3)CC2)cc1. The quantitative estimate of drug-likeness (QED) is 0.905. The summed E-state index contributed by atoms with van der Waals surface area (Å²) in [6, 6.07) is 15.8. The highest BCUT2D eigenvalue weighted by atomic mass is 16.5. The summed E-state index contributed by atoms with van der Waals surface area (Å²) in [6.07, 6.45) is 0. The molecule has 0 saturated carbocycles. The van der Waals surface area contributed by atoms with Crippen molar-refractivity contribution in [2.75, 3.05) is 38.2 Å². The predicted octanol–water partition coefficient (Wildman–Crippen LogP) is 3.28. The fraction of sp³-hybridized carbons (Fsp3) is 0.350. The minimum Gasteiger partial charge on any atom is -0.497 e. The Morgan fingerprint density at radius 1 is 1.08 bits per heavy atom. The molecule has 5 nitrogen and oxygen atoms in total. The number of benzene rings is 2. The first kappa shape index (κ1) is 17.3. The van der Waals surface area contributed by atoms with Crippen molar-refractivity contribution in [2.45, 2.75) is 13.0 Å². The van der Waals surface area contributed by atoms with Crippen molar-refractivity contribution in [3.05, 3.63) is 59.7 Å². The van der Waals surface area contributed by atoms with Gasteiger partial charge in [0.15, 0.2) is 0 Å². The summed E-state index contributed by atoms with van der Waals surface area (Å²) in [5.41, 5.74) is 2.60. The first-order chi connectivity index (χ1) is 12.1. The van der Waals surface area contributed by atoms with Crippen molar-refractivity contribution in [1.29, 1.82) is 0 Å². The highest BCUT2D eigenvalue weighted by Crippen LogP contribution is 2.25. The van der Waals surface area contributed by atoms with E-state index < -0.39 is 5.97 Å². The van der Waals surface area contributed by atoms with Crippen molar-refractivity contribution in [3.63, 3.8) is 0 Å². The lowest BCUT2D eigenvalue weighted by atomic mass is 10.1. The van der Waals surface area contributed by atoms with Gasteiger partial charge >= 0.3 is 5.97 Å². The summed E-state index contributed by atoms with van der Waals surface area (Å²) in [7, 11) is 1.68. The van der Waals surface area contributed by atoms with E-state index in [9.17, 15) is 4.79 Å². The van der Waals surface area contributed by atoms with Crippen LogP contribution in [-0.2, 0) is 0 Å². The number of carboxylic acids is 1. The number of anilines is 1. The maximum atomic E-state index is 11.1. The highest BCUT2D eigenvalue weighted by Gasteiger charge is 2.22. The Balaban J connectivity index is 1.63. The van der Waals surface area contributed by atoms with Crippen LogP contribution in [0.4, 0.5) is 5.69 Å². The standard InChI is InChI=1S/C20H24N2O3/c1-15(16-6-8-19(25-2)9-7-16)21-10-12-22(13-11-21)18-5-3-4-17(14-18)20(23)24/h3-9,14-15H,10-13H2,1-2H3,(H,23,24). The zero-order valence-electron chi connectivity index (χ0n) is 14.7. The Kier molecular flexibility index (Phi) is 5.24. The number of piperazine rings is 1. The number of ether oxygens (including phenoxy) is 1. The van der Waals surface area contributed by atoms with Gasteiger partial charge in [0, 0.05) is 37.9 Å². The van der Waals surface area contributed by atoms with E-state index in [-0.39, 0.29) is 0 Å². The zero-order valence-corrected chi connectivity index (χ0v) is 14.7. The molecule has 3 rings (SSSR count). The molecule has 0 amide bonds. The number of methoxy groups -OCH3 is 1. The molecule has 0 aliphatic carbocycles. The molecule has 0 bridgehead atoms. The zero-order chi connectivity index (χ0) is 17.8. The Morgan fingerprint density at radius 3 is 2.36 bits per heavy atom. The van der Waals surface area contributed by atoms with Crippen LogP contribution in [0.2, 0.25) is 0 Å². The summed E-state index contributed by atoms with van der Waals surface area (Å²) >= 11 is 0. The minimum atomic E-state index is -0.881. The summed E-state index contributed by atoms with van der Waals surface area (Å²) in [6.45, 7) is 5.91. The Labute approximate surface area is 148 Å². The van der Waals surface area contributed by atoms with Crippen LogP contribution in [0.15, 0.2) is 48.5 Å². The van der Waals surface area contributed by atoms with Crippen LogP contribution in [0.1, 0.15) is 28.9 Å². The van der Waals surface area contributed by atoms with Gasteiger partial charge < -0.3 is 14.7 Å². The number of carboxylic acid groups (broad SMARTS) is 1. The van der Waals surface area contributed by atoms with Crippen LogP contribution in [0.5, 0.6) is 5.75 Å². The van der Waals surface area contributed by atoms with Crippen molar-refractivity contribution >= 4 is 11.7 Å². The molecule has 5 heteroatoms. The Bertz CT molecular complexity index is 722. The van der Waals surface area contributed by atoms with Gasteiger partial charge in [-0.15, -0.1) is 0 Å². The molecule has 1 aliphatic heterocycles. The van der Waals surface area contributed by atoms with Crippen LogP contribution < -0.4 is 9.64 Å². The molecule has 2 aromatic rings. The largest absolute Gasteiger partial charge is 0.497 e. The third-order valence-electron chi connectivity index (χ3n) is 4.92. The number of hydrogen-bond acceptors (Lipinski definition) is 4. The number of carbonyl (C=O) groups is 1. The molecule has 1 aliphatic rings. The third-order valence-corrected chi connectivity index (χ3v) is 4.92. The Morgan fingerprint density at radius 2 is 1.76 bits per heavy atom. The molecular weight excluding hydrogens is 316 g/mol. The fourth-order valence-electron chi connectivity index (χ4n) is 3.30. The van der Waals surface area contributed by atoms with Gasteiger partial charge in [-0.05, 0) is 42.8 Å². The lowest BCUT2D eigenvalue weighted by Crippen LogP contribution is -2.47. The molecule has 1 saturated heterocycles. The van der Waals surface area contributed by atoms with Crippen molar-refractivity contribution < 1.29 is 14.6 Å².